The van der Waals surface area contributed by atoms with Gasteiger partial charge < -0.3 is 0 Å². The van der Waals surface area contributed by atoms with E-state index in [0.717, 1.165) is 0 Å². The van der Waals surface area contributed by atoms with E-state index >= 15 is 0 Å². The monoisotopic (exact) mass is 291 g/mol. The van der Waals surface area contributed by atoms with Gasteiger partial charge in [-0.3, -0.25) is 10.1 Å². The van der Waals surface area contributed by atoms with Gasteiger partial charge in [-0.1, -0.05) is 12.1 Å². The average Bonchev–Trinajstić information content (AvgIpc) is 2.96. The van der Waals surface area contributed by atoms with Crippen molar-refractivity contribution < 1.29 is 4.92 Å². The Bertz CT molecular complexity index is 886. The highest BCUT2D eigenvalue weighted by Gasteiger charge is 2.07. The molecule has 0 bridgehead atoms. The van der Waals surface area contributed by atoms with Crippen molar-refractivity contribution in [1.29, 1.82) is 5.26 Å². The molecule has 0 atom stereocenters. The number of rotatable bonds is 3. The van der Waals surface area contributed by atoms with Crippen molar-refractivity contribution in [3.8, 4) is 6.07 Å². The van der Waals surface area contributed by atoms with Crippen molar-refractivity contribution >= 4 is 28.5 Å². The molecule has 0 spiro atoms. The molecule has 2 aromatic carbocycles. The fourth-order valence-corrected chi connectivity index (χ4v) is 1.95. The summed E-state index contributed by atoms with van der Waals surface area (Å²) in [7, 11) is 0. The van der Waals surface area contributed by atoms with Crippen molar-refractivity contribution in [3.63, 3.8) is 0 Å². The first-order valence-corrected chi connectivity index (χ1v) is 6.36. The molecule has 0 N–H and O–H groups in total. The number of hydrogen-bond donors (Lipinski definition) is 0. The van der Waals surface area contributed by atoms with Gasteiger partial charge in [0.25, 0.3) is 5.69 Å². The van der Waals surface area contributed by atoms with Gasteiger partial charge in [-0.25, -0.2) is 0 Å². The number of nitrogens with zero attached hydrogens (tertiary/aromatic N) is 5. The second kappa shape index (κ2) is 5.46. The van der Waals surface area contributed by atoms with Crippen LogP contribution < -0.4 is 0 Å². The van der Waals surface area contributed by atoms with Crippen molar-refractivity contribution in [1.82, 2.24) is 15.0 Å². The molecule has 1 heterocycles. The van der Waals surface area contributed by atoms with Gasteiger partial charge in [-0.2, -0.15) is 5.26 Å². The maximum absolute atomic E-state index is 10.6. The first kappa shape index (κ1) is 13.5. The molecule has 106 valence electrons. The smallest absolute Gasteiger partial charge is 0.258 e. The SMILES string of the molecule is N#C/C(=C\c1ccc([N+](=O)[O-])cc1)n1nc2ccccc2n1. The predicted octanol–water partition coefficient (Wildman–Crippen LogP) is 2.86. The fraction of sp³-hybridized carbons (Fsp3) is 0. The second-order valence-corrected chi connectivity index (χ2v) is 4.47. The van der Waals surface area contributed by atoms with Crippen LogP contribution in [0, 0.1) is 21.4 Å². The number of hydrogen-bond acceptors (Lipinski definition) is 5. The zero-order chi connectivity index (χ0) is 15.5. The molecule has 0 fully saturated rings. The quantitative estimate of drug-likeness (QED) is 0.420. The highest BCUT2D eigenvalue weighted by Crippen LogP contribution is 2.16. The maximum Gasteiger partial charge on any atom is 0.269 e. The molecule has 1 aromatic heterocycles. The van der Waals surface area contributed by atoms with E-state index in [1.807, 2.05) is 18.2 Å². The summed E-state index contributed by atoms with van der Waals surface area (Å²) >= 11 is 0. The Morgan fingerprint density at radius 1 is 1.14 bits per heavy atom. The summed E-state index contributed by atoms with van der Waals surface area (Å²) < 4.78 is 0. The number of non-ortho nitro benzene ring substituents is 1. The lowest BCUT2D eigenvalue weighted by Gasteiger charge is -1.97. The number of allylic oxidation sites excluding steroid dienone is 1. The van der Waals surface area contributed by atoms with Crippen molar-refractivity contribution in [2.45, 2.75) is 0 Å². The molecular formula is C15H9N5O2. The summed E-state index contributed by atoms with van der Waals surface area (Å²) in [5, 5.41) is 28.4. The van der Waals surface area contributed by atoms with E-state index in [9.17, 15) is 15.4 Å². The van der Waals surface area contributed by atoms with E-state index in [1.54, 1.807) is 30.3 Å². The molecule has 0 unspecified atom stereocenters. The molecule has 0 saturated carbocycles. The molecule has 0 aliphatic heterocycles. The number of aromatic nitrogens is 3. The molecule has 0 aliphatic rings. The van der Waals surface area contributed by atoms with Gasteiger partial charge in [-0.15, -0.1) is 15.0 Å². The first-order chi connectivity index (χ1) is 10.7. The van der Waals surface area contributed by atoms with Crippen LogP contribution in [0.2, 0.25) is 0 Å². The minimum atomic E-state index is -0.472. The largest absolute Gasteiger partial charge is 0.269 e. The molecule has 0 aliphatic carbocycles. The van der Waals surface area contributed by atoms with Crippen LogP contribution in [0.5, 0.6) is 0 Å². The third kappa shape index (κ3) is 2.53. The Balaban J connectivity index is 1.99. The minimum absolute atomic E-state index is 0.00129. The molecule has 7 nitrogen and oxygen atoms in total. The highest BCUT2D eigenvalue weighted by molar-refractivity contribution is 5.81. The second-order valence-electron chi connectivity index (χ2n) is 4.47. The first-order valence-electron chi connectivity index (χ1n) is 6.36. The molecule has 0 saturated heterocycles. The standard InChI is InChI=1S/C15H9N5O2/c16-10-13(9-11-5-7-12(8-6-11)20(21)22)19-17-14-3-1-2-4-15(14)18-19/h1-9H/b13-9+. The summed E-state index contributed by atoms with van der Waals surface area (Å²) in [4.78, 5) is 11.4. The Kier molecular flexibility index (Phi) is 3.34. The average molecular weight is 291 g/mol. The van der Waals surface area contributed by atoms with Crippen LogP contribution in [0.1, 0.15) is 5.56 Å². The van der Waals surface area contributed by atoms with E-state index in [4.69, 9.17) is 0 Å². The van der Waals surface area contributed by atoms with Crippen LogP contribution in [0.25, 0.3) is 22.8 Å². The number of nitro groups is 1. The van der Waals surface area contributed by atoms with Gasteiger partial charge in [0.2, 0.25) is 0 Å². The van der Waals surface area contributed by atoms with Crippen molar-refractivity contribution in [2.24, 2.45) is 0 Å². The molecule has 7 heteroatoms. The number of fused-ring (bicyclic) bond motifs is 1. The maximum atomic E-state index is 10.6. The van der Waals surface area contributed by atoms with E-state index in [1.165, 1.54) is 16.9 Å². The zero-order valence-electron chi connectivity index (χ0n) is 11.2. The van der Waals surface area contributed by atoms with Gasteiger partial charge in [0, 0.05) is 12.1 Å². The number of benzene rings is 2. The van der Waals surface area contributed by atoms with Crippen LogP contribution >= 0.6 is 0 Å². The van der Waals surface area contributed by atoms with Crippen LogP contribution in [0.15, 0.2) is 48.5 Å². The lowest BCUT2D eigenvalue weighted by molar-refractivity contribution is -0.384. The topological polar surface area (TPSA) is 97.6 Å². The number of nitriles is 1. The molecular weight excluding hydrogens is 282 g/mol. The van der Waals surface area contributed by atoms with Crippen LogP contribution in [0.4, 0.5) is 5.69 Å². The van der Waals surface area contributed by atoms with E-state index in [-0.39, 0.29) is 11.4 Å². The van der Waals surface area contributed by atoms with Crippen LogP contribution in [-0.4, -0.2) is 19.9 Å². The lowest BCUT2D eigenvalue weighted by atomic mass is 10.2. The summed E-state index contributed by atoms with van der Waals surface area (Å²) in [6.07, 6.45) is 1.57. The van der Waals surface area contributed by atoms with Gasteiger partial charge in [0.05, 0.1) is 4.92 Å². The third-order valence-electron chi connectivity index (χ3n) is 3.02. The normalized spacial score (nSPS) is 11.3. The zero-order valence-corrected chi connectivity index (χ0v) is 11.2. The van der Waals surface area contributed by atoms with Crippen molar-refractivity contribution in [2.75, 3.05) is 0 Å². The minimum Gasteiger partial charge on any atom is -0.258 e. The fourth-order valence-electron chi connectivity index (χ4n) is 1.95. The summed E-state index contributed by atoms with van der Waals surface area (Å²) in [5.74, 6) is 0. The van der Waals surface area contributed by atoms with E-state index < -0.39 is 4.92 Å². The molecule has 3 aromatic rings. The Hall–Kier alpha value is -3.53. The van der Waals surface area contributed by atoms with E-state index in [2.05, 4.69) is 10.2 Å². The highest BCUT2D eigenvalue weighted by atomic mass is 16.6. The molecule has 0 amide bonds. The van der Waals surface area contributed by atoms with Gasteiger partial charge >= 0.3 is 0 Å². The Morgan fingerprint density at radius 2 is 1.73 bits per heavy atom. The van der Waals surface area contributed by atoms with Crippen LogP contribution in [0.3, 0.4) is 0 Å². The summed E-state index contributed by atoms with van der Waals surface area (Å²) in [6.45, 7) is 0. The van der Waals surface area contributed by atoms with Crippen molar-refractivity contribution in [3.05, 3.63) is 64.2 Å². The lowest BCUT2D eigenvalue weighted by Crippen LogP contribution is -1.99. The Labute approximate surface area is 124 Å². The van der Waals surface area contributed by atoms with Crippen LogP contribution in [-0.2, 0) is 0 Å². The number of nitro benzene ring substituents is 1. The summed E-state index contributed by atoms with van der Waals surface area (Å²) in [6, 6.07) is 15.2. The third-order valence-corrected chi connectivity index (χ3v) is 3.02. The molecule has 3 rings (SSSR count). The van der Waals surface area contributed by atoms with Gasteiger partial charge in [0.1, 0.15) is 17.1 Å². The molecule has 0 radical (unpaired) electrons. The Morgan fingerprint density at radius 3 is 2.23 bits per heavy atom. The van der Waals surface area contributed by atoms with Gasteiger partial charge in [0.15, 0.2) is 5.70 Å². The summed E-state index contributed by atoms with van der Waals surface area (Å²) in [5.41, 5.74) is 2.26. The van der Waals surface area contributed by atoms with E-state index in [0.29, 0.717) is 16.6 Å². The molecule has 22 heavy (non-hydrogen) atoms. The van der Waals surface area contributed by atoms with Gasteiger partial charge in [-0.05, 0) is 35.9 Å². The predicted molar refractivity (Wildman–Crippen MR) is 80.4 cm³/mol.